The molecule has 0 heterocycles. The highest BCUT2D eigenvalue weighted by Gasteiger charge is 2.33. The van der Waals surface area contributed by atoms with Crippen molar-refractivity contribution in [2.24, 2.45) is 11.8 Å². The maximum atomic E-state index is 6.25. The fraction of sp³-hybridized carbons (Fsp3) is 0.846. The monoisotopic (exact) mass is 224 g/mol. The Morgan fingerprint density at radius 3 is 2.60 bits per heavy atom. The lowest BCUT2D eigenvalue weighted by Crippen LogP contribution is -2.32. The van der Waals surface area contributed by atoms with Crippen LogP contribution in [0.1, 0.15) is 38.5 Å². The van der Waals surface area contributed by atoms with Crippen LogP contribution < -0.4 is 0 Å². The molecule has 1 nitrogen and oxygen atoms in total. The highest BCUT2D eigenvalue weighted by Crippen LogP contribution is 2.42. The van der Waals surface area contributed by atoms with Gasteiger partial charge in [0, 0.05) is 5.92 Å². The molecule has 0 radical (unpaired) electrons. The van der Waals surface area contributed by atoms with Crippen molar-refractivity contribution < 1.29 is 4.43 Å². The summed E-state index contributed by atoms with van der Waals surface area (Å²) < 4.78 is 6.25. The number of fused-ring (bicyclic) bond motifs is 1. The summed E-state index contributed by atoms with van der Waals surface area (Å²) in [5.74, 6) is 3.08. The van der Waals surface area contributed by atoms with Crippen LogP contribution in [-0.2, 0) is 4.43 Å². The topological polar surface area (TPSA) is 9.23 Å². The van der Waals surface area contributed by atoms with Crippen molar-refractivity contribution >= 4 is 8.32 Å². The molecule has 2 rings (SSSR count). The minimum atomic E-state index is -1.39. The van der Waals surface area contributed by atoms with Crippen molar-refractivity contribution in [1.29, 1.82) is 0 Å². The van der Waals surface area contributed by atoms with E-state index in [1.807, 2.05) is 0 Å². The second-order valence-corrected chi connectivity index (χ2v) is 10.5. The normalized spacial score (nSPS) is 31.8. The van der Waals surface area contributed by atoms with Gasteiger partial charge in [-0.1, -0.05) is 12.8 Å². The van der Waals surface area contributed by atoms with E-state index in [4.69, 9.17) is 4.43 Å². The van der Waals surface area contributed by atoms with E-state index in [-0.39, 0.29) is 0 Å². The molecule has 0 aliphatic heterocycles. The zero-order valence-corrected chi connectivity index (χ0v) is 11.4. The van der Waals surface area contributed by atoms with Crippen LogP contribution in [0.3, 0.4) is 0 Å². The van der Waals surface area contributed by atoms with Gasteiger partial charge in [-0.25, -0.2) is 0 Å². The van der Waals surface area contributed by atoms with Gasteiger partial charge in [0.1, 0.15) is 0 Å². The molecule has 2 aliphatic carbocycles. The smallest absolute Gasteiger partial charge is 0.241 e. The molecular weight excluding hydrogens is 200 g/mol. The average molecular weight is 224 g/mol. The first-order valence-electron chi connectivity index (χ1n) is 6.45. The van der Waals surface area contributed by atoms with Crippen LogP contribution in [0.2, 0.25) is 19.6 Å². The summed E-state index contributed by atoms with van der Waals surface area (Å²) in [6.45, 7) is 6.88. The third-order valence-corrected chi connectivity index (χ3v) is 4.43. The third-order valence-electron chi connectivity index (χ3n) is 3.58. The second kappa shape index (κ2) is 4.32. The molecule has 0 N–H and O–H groups in total. The molecule has 0 aromatic carbocycles. The Kier molecular flexibility index (Phi) is 3.24. The molecule has 1 fully saturated rings. The zero-order chi connectivity index (χ0) is 10.9. The molecule has 2 atom stereocenters. The first-order chi connectivity index (χ1) is 7.06. The predicted octanol–water partition coefficient (Wildman–Crippen LogP) is 4.32. The minimum Gasteiger partial charge on any atom is -0.547 e. The highest BCUT2D eigenvalue weighted by molar-refractivity contribution is 6.70. The lowest BCUT2D eigenvalue weighted by atomic mass is 9.73. The number of hydrogen-bond acceptors (Lipinski definition) is 1. The molecule has 15 heavy (non-hydrogen) atoms. The molecule has 0 aromatic heterocycles. The van der Waals surface area contributed by atoms with Crippen LogP contribution in [0.15, 0.2) is 11.8 Å². The van der Waals surface area contributed by atoms with Gasteiger partial charge in [-0.15, -0.1) is 0 Å². The van der Waals surface area contributed by atoms with Gasteiger partial charge in [0.15, 0.2) is 0 Å². The zero-order valence-electron chi connectivity index (χ0n) is 10.4. The lowest BCUT2D eigenvalue weighted by Gasteiger charge is -2.38. The Morgan fingerprint density at radius 1 is 1.13 bits per heavy atom. The molecule has 2 heteroatoms. The largest absolute Gasteiger partial charge is 0.547 e. The minimum absolute atomic E-state index is 0.777. The maximum Gasteiger partial charge on any atom is 0.241 e. The van der Waals surface area contributed by atoms with Crippen LogP contribution in [0.4, 0.5) is 0 Å². The van der Waals surface area contributed by atoms with Crippen molar-refractivity contribution in [3.8, 4) is 0 Å². The molecule has 0 saturated heterocycles. The summed E-state index contributed by atoms with van der Waals surface area (Å²) in [5, 5.41) is 0. The van der Waals surface area contributed by atoms with Crippen molar-refractivity contribution in [2.45, 2.75) is 58.2 Å². The van der Waals surface area contributed by atoms with Crippen LogP contribution in [0, 0.1) is 11.8 Å². The van der Waals surface area contributed by atoms with Gasteiger partial charge in [0.2, 0.25) is 8.32 Å². The molecule has 0 spiro atoms. The molecular formula is C13H24OSi. The highest BCUT2D eigenvalue weighted by atomic mass is 28.4. The summed E-state index contributed by atoms with van der Waals surface area (Å²) in [4.78, 5) is 0. The van der Waals surface area contributed by atoms with Crippen molar-refractivity contribution in [1.82, 2.24) is 0 Å². The van der Waals surface area contributed by atoms with Gasteiger partial charge in [0.25, 0.3) is 0 Å². The second-order valence-electron chi connectivity index (χ2n) is 6.05. The standard InChI is InChI=1S/C13H24OSi/c1-15(2,3)14-13-10-6-8-11-7-4-5-9-12(11)13/h10-12H,4-9H2,1-3H3/t11-,12+/m0/s1. The van der Waals surface area contributed by atoms with E-state index in [2.05, 4.69) is 25.7 Å². The summed E-state index contributed by atoms with van der Waals surface area (Å²) in [5.41, 5.74) is 0. The molecule has 2 aliphatic rings. The summed E-state index contributed by atoms with van der Waals surface area (Å²) in [6.07, 6.45) is 10.7. The molecule has 0 amide bonds. The van der Waals surface area contributed by atoms with Gasteiger partial charge in [-0.05, 0) is 57.3 Å². The molecule has 1 saturated carbocycles. The van der Waals surface area contributed by atoms with Gasteiger partial charge in [-0.3, -0.25) is 0 Å². The van der Waals surface area contributed by atoms with E-state index < -0.39 is 8.32 Å². The lowest BCUT2D eigenvalue weighted by molar-refractivity contribution is 0.184. The van der Waals surface area contributed by atoms with Crippen molar-refractivity contribution in [2.75, 3.05) is 0 Å². The predicted molar refractivity (Wildman–Crippen MR) is 67.2 cm³/mol. The van der Waals surface area contributed by atoms with Crippen LogP contribution in [0.25, 0.3) is 0 Å². The maximum absolute atomic E-state index is 6.25. The van der Waals surface area contributed by atoms with E-state index in [0.29, 0.717) is 0 Å². The summed E-state index contributed by atoms with van der Waals surface area (Å²) in [6, 6.07) is 0. The van der Waals surface area contributed by atoms with E-state index >= 15 is 0 Å². The summed E-state index contributed by atoms with van der Waals surface area (Å²) in [7, 11) is -1.39. The Labute approximate surface area is 95.0 Å². The van der Waals surface area contributed by atoms with Crippen molar-refractivity contribution in [3.63, 3.8) is 0 Å². The van der Waals surface area contributed by atoms with Crippen LogP contribution in [0.5, 0.6) is 0 Å². The Balaban J connectivity index is 2.06. The molecule has 86 valence electrons. The molecule has 0 aromatic rings. The quantitative estimate of drug-likeness (QED) is 0.635. The molecule has 0 bridgehead atoms. The van der Waals surface area contributed by atoms with E-state index in [9.17, 15) is 0 Å². The first kappa shape index (κ1) is 11.2. The number of allylic oxidation sites excluding steroid dienone is 2. The van der Waals surface area contributed by atoms with Crippen LogP contribution >= 0.6 is 0 Å². The number of rotatable bonds is 2. The van der Waals surface area contributed by atoms with E-state index in [0.717, 1.165) is 11.8 Å². The fourth-order valence-corrected chi connectivity index (χ4v) is 3.93. The van der Waals surface area contributed by atoms with Crippen molar-refractivity contribution in [3.05, 3.63) is 11.8 Å². The van der Waals surface area contributed by atoms with E-state index in [1.165, 1.54) is 44.3 Å². The van der Waals surface area contributed by atoms with Gasteiger partial charge < -0.3 is 4.43 Å². The van der Waals surface area contributed by atoms with Gasteiger partial charge in [-0.2, -0.15) is 0 Å². The van der Waals surface area contributed by atoms with Crippen LogP contribution in [-0.4, -0.2) is 8.32 Å². The number of hydrogen-bond donors (Lipinski definition) is 0. The average Bonchev–Trinajstić information content (AvgIpc) is 2.16. The summed E-state index contributed by atoms with van der Waals surface area (Å²) >= 11 is 0. The third kappa shape index (κ3) is 2.87. The van der Waals surface area contributed by atoms with E-state index in [1.54, 1.807) is 0 Å². The van der Waals surface area contributed by atoms with Gasteiger partial charge >= 0.3 is 0 Å². The van der Waals surface area contributed by atoms with Gasteiger partial charge in [0.05, 0.1) is 5.76 Å². The Morgan fingerprint density at radius 2 is 1.87 bits per heavy atom. The fourth-order valence-electron chi connectivity index (χ4n) is 2.99. The Bertz CT molecular complexity index is 252. The SMILES string of the molecule is C[Si](C)(C)OC1=CCC[C@@H]2CCCC[C@@H]12. The first-order valence-corrected chi connectivity index (χ1v) is 9.86. The Hall–Kier alpha value is -0.243. The molecule has 0 unspecified atom stereocenters.